The Bertz CT molecular complexity index is 703. The molecule has 1 aliphatic heterocycles. The molecule has 0 spiro atoms. The van der Waals surface area contributed by atoms with Crippen molar-refractivity contribution < 1.29 is 9.90 Å². The van der Waals surface area contributed by atoms with Crippen LogP contribution >= 0.6 is 12.4 Å². The van der Waals surface area contributed by atoms with Gasteiger partial charge in [-0.3, -0.25) is 4.79 Å². The van der Waals surface area contributed by atoms with Gasteiger partial charge in [0.1, 0.15) is 5.75 Å². The number of aryl methyl sites for hydroxylation is 1. The minimum atomic E-state index is 0. The molecule has 122 valence electrons. The number of fused-ring (bicyclic) bond motifs is 1. The van der Waals surface area contributed by atoms with E-state index in [-0.39, 0.29) is 24.1 Å². The van der Waals surface area contributed by atoms with E-state index in [1.54, 1.807) is 12.1 Å². The van der Waals surface area contributed by atoms with Crippen LogP contribution in [-0.4, -0.2) is 22.5 Å². The molecule has 0 bridgehead atoms. The number of nitrogen functional groups attached to an aromatic ring is 1. The normalized spacial score (nSPS) is 13.1. The third kappa shape index (κ3) is 3.96. The second kappa shape index (κ2) is 7.38. The molecule has 0 unspecified atom stereocenters. The molecule has 0 saturated carbocycles. The Kier molecular flexibility index (Phi) is 5.50. The van der Waals surface area contributed by atoms with Crippen LogP contribution in [0.15, 0.2) is 42.5 Å². The van der Waals surface area contributed by atoms with Crippen LogP contribution in [0.1, 0.15) is 23.1 Å². The van der Waals surface area contributed by atoms with Crippen LogP contribution in [0.3, 0.4) is 0 Å². The second-order valence-electron chi connectivity index (χ2n) is 5.72. The lowest BCUT2D eigenvalue weighted by Crippen LogP contribution is -2.36. The lowest BCUT2D eigenvalue weighted by molar-refractivity contribution is -0.132. The van der Waals surface area contributed by atoms with Crippen molar-refractivity contribution in [3.63, 3.8) is 0 Å². The molecule has 3 N–H and O–H groups in total. The zero-order valence-electron chi connectivity index (χ0n) is 12.9. The predicted octanol–water partition coefficient (Wildman–Crippen LogP) is 2.91. The van der Waals surface area contributed by atoms with Crippen molar-refractivity contribution in [1.82, 2.24) is 4.90 Å². The molecule has 3 rings (SSSR count). The monoisotopic (exact) mass is 332 g/mol. The molecule has 23 heavy (non-hydrogen) atoms. The largest absolute Gasteiger partial charge is 0.508 e. The smallest absolute Gasteiger partial charge is 0.223 e. The van der Waals surface area contributed by atoms with E-state index in [9.17, 15) is 9.90 Å². The topological polar surface area (TPSA) is 66.6 Å². The van der Waals surface area contributed by atoms with Crippen LogP contribution in [0.4, 0.5) is 5.69 Å². The molecule has 1 aliphatic rings. The zero-order valence-corrected chi connectivity index (χ0v) is 13.7. The molecular formula is C18H21ClN2O2. The molecule has 0 radical (unpaired) electrons. The summed E-state index contributed by atoms with van der Waals surface area (Å²) in [6, 6.07) is 13.1. The van der Waals surface area contributed by atoms with E-state index >= 15 is 0 Å². The molecule has 2 aromatic rings. The number of halogens is 1. The summed E-state index contributed by atoms with van der Waals surface area (Å²) in [6.07, 6.45) is 1.96. The van der Waals surface area contributed by atoms with Gasteiger partial charge in [0.05, 0.1) is 0 Å². The van der Waals surface area contributed by atoms with Gasteiger partial charge in [-0.1, -0.05) is 24.3 Å². The van der Waals surface area contributed by atoms with Crippen molar-refractivity contribution in [2.24, 2.45) is 0 Å². The first-order chi connectivity index (χ1) is 10.6. The minimum absolute atomic E-state index is 0. The number of hydrogen-bond donors (Lipinski definition) is 2. The van der Waals surface area contributed by atoms with Crippen LogP contribution in [0.5, 0.6) is 5.75 Å². The van der Waals surface area contributed by atoms with Gasteiger partial charge in [0.25, 0.3) is 0 Å². The van der Waals surface area contributed by atoms with Gasteiger partial charge in [0, 0.05) is 25.2 Å². The average molecular weight is 333 g/mol. The summed E-state index contributed by atoms with van der Waals surface area (Å²) >= 11 is 0. The van der Waals surface area contributed by atoms with E-state index in [4.69, 9.17) is 5.73 Å². The molecule has 5 heteroatoms. The fourth-order valence-electron chi connectivity index (χ4n) is 2.92. The summed E-state index contributed by atoms with van der Waals surface area (Å²) in [6.45, 7) is 1.31. The molecule has 0 atom stereocenters. The molecule has 0 fully saturated rings. The van der Waals surface area contributed by atoms with Crippen molar-refractivity contribution in [2.45, 2.75) is 25.8 Å². The highest BCUT2D eigenvalue weighted by atomic mass is 35.5. The molecule has 1 amide bonds. The summed E-state index contributed by atoms with van der Waals surface area (Å²) in [5.74, 6) is 0.391. The standard InChI is InChI=1S/C18H20N2O2.ClH/c19-17-4-2-1-3-14(17)6-8-18(22)20-10-9-13-5-7-16(21)11-15(13)12-20;/h1-5,7,11,21H,6,8-10,12,19H2;1H. The minimum Gasteiger partial charge on any atom is -0.508 e. The Morgan fingerprint density at radius 3 is 2.74 bits per heavy atom. The number of anilines is 1. The summed E-state index contributed by atoms with van der Waals surface area (Å²) < 4.78 is 0. The van der Waals surface area contributed by atoms with Crippen LogP contribution in [-0.2, 0) is 24.2 Å². The highest BCUT2D eigenvalue weighted by molar-refractivity contribution is 5.85. The van der Waals surface area contributed by atoms with Crippen molar-refractivity contribution in [1.29, 1.82) is 0 Å². The maximum absolute atomic E-state index is 12.4. The fourth-order valence-corrected chi connectivity index (χ4v) is 2.92. The Balaban J connectivity index is 0.00000192. The lowest BCUT2D eigenvalue weighted by Gasteiger charge is -2.29. The molecule has 4 nitrogen and oxygen atoms in total. The summed E-state index contributed by atoms with van der Waals surface area (Å²) in [4.78, 5) is 14.3. The van der Waals surface area contributed by atoms with Gasteiger partial charge in [-0.2, -0.15) is 0 Å². The Morgan fingerprint density at radius 1 is 1.17 bits per heavy atom. The SMILES string of the molecule is Cl.Nc1ccccc1CCC(=O)N1CCc2ccc(O)cc2C1. The van der Waals surface area contributed by atoms with Gasteiger partial charge >= 0.3 is 0 Å². The van der Waals surface area contributed by atoms with Crippen LogP contribution in [0.25, 0.3) is 0 Å². The van der Waals surface area contributed by atoms with Gasteiger partial charge < -0.3 is 15.7 Å². The number of carbonyl (C=O) groups is 1. The van der Waals surface area contributed by atoms with E-state index < -0.39 is 0 Å². The van der Waals surface area contributed by atoms with Crippen molar-refractivity contribution >= 4 is 24.0 Å². The number of carbonyl (C=O) groups excluding carboxylic acids is 1. The second-order valence-corrected chi connectivity index (χ2v) is 5.72. The van der Waals surface area contributed by atoms with Gasteiger partial charge in [-0.25, -0.2) is 0 Å². The first-order valence-electron chi connectivity index (χ1n) is 7.55. The highest BCUT2D eigenvalue weighted by Crippen LogP contribution is 2.24. The number of hydrogen-bond acceptors (Lipinski definition) is 3. The van der Waals surface area contributed by atoms with Crippen LogP contribution in [0, 0.1) is 0 Å². The number of nitrogens with two attached hydrogens (primary N) is 1. The Hall–Kier alpha value is -2.20. The van der Waals surface area contributed by atoms with E-state index in [0.717, 1.165) is 29.8 Å². The third-order valence-corrected chi connectivity index (χ3v) is 4.22. The number of amides is 1. The van der Waals surface area contributed by atoms with Crippen LogP contribution in [0.2, 0.25) is 0 Å². The zero-order chi connectivity index (χ0) is 15.5. The summed E-state index contributed by atoms with van der Waals surface area (Å²) in [5.41, 5.74) is 9.93. The van der Waals surface area contributed by atoms with Crippen molar-refractivity contribution in [2.75, 3.05) is 12.3 Å². The quantitative estimate of drug-likeness (QED) is 0.849. The fraction of sp³-hybridized carbons (Fsp3) is 0.278. The van der Waals surface area contributed by atoms with Gasteiger partial charge in [0.15, 0.2) is 0 Å². The van der Waals surface area contributed by atoms with E-state index in [0.29, 0.717) is 19.4 Å². The summed E-state index contributed by atoms with van der Waals surface area (Å²) in [5, 5.41) is 9.58. The number of para-hydroxylation sites is 1. The molecule has 2 aromatic carbocycles. The van der Waals surface area contributed by atoms with E-state index in [1.807, 2.05) is 35.2 Å². The number of nitrogens with zero attached hydrogens (tertiary/aromatic N) is 1. The highest BCUT2D eigenvalue weighted by Gasteiger charge is 2.20. The van der Waals surface area contributed by atoms with Crippen molar-refractivity contribution in [3.05, 3.63) is 59.2 Å². The average Bonchev–Trinajstić information content (AvgIpc) is 2.53. The molecule has 0 saturated heterocycles. The van der Waals surface area contributed by atoms with Gasteiger partial charge in [-0.15, -0.1) is 12.4 Å². The molecular weight excluding hydrogens is 312 g/mol. The lowest BCUT2D eigenvalue weighted by atomic mass is 9.99. The first kappa shape index (κ1) is 17.2. The number of phenolic OH excluding ortho intramolecular Hbond substituents is 1. The van der Waals surface area contributed by atoms with E-state index in [2.05, 4.69) is 0 Å². The predicted molar refractivity (Wildman–Crippen MR) is 93.7 cm³/mol. The van der Waals surface area contributed by atoms with Gasteiger partial charge in [-0.05, 0) is 47.7 Å². The molecule has 1 heterocycles. The molecule has 0 aromatic heterocycles. The number of rotatable bonds is 3. The van der Waals surface area contributed by atoms with Crippen LogP contribution < -0.4 is 5.73 Å². The van der Waals surface area contributed by atoms with Gasteiger partial charge in [0.2, 0.25) is 5.91 Å². The number of phenols is 1. The molecule has 0 aliphatic carbocycles. The number of benzene rings is 2. The summed E-state index contributed by atoms with van der Waals surface area (Å²) in [7, 11) is 0. The Morgan fingerprint density at radius 2 is 1.96 bits per heavy atom. The maximum atomic E-state index is 12.4. The first-order valence-corrected chi connectivity index (χ1v) is 7.55. The maximum Gasteiger partial charge on any atom is 0.223 e. The number of aromatic hydroxyl groups is 1. The van der Waals surface area contributed by atoms with E-state index in [1.165, 1.54) is 5.56 Å². The Labute approximate surface area is 142 Å². The van der Waals surface area contributed by atoms with Crippen molar-refractivity contribution in [3.8, 4) is 5.75 Å². The third-order valence-electron chi connectivity index (χ3n) is 4.22.